The summed E-state index contributed by atoms with van der Waals surface area (Å²) in [4.78, 5) is 13.7. The molecule has 1 aliphatic rings. The van der Waals surface area contributed by atoms with Crippen LogP contribution in [0.15, 0.2) is 17.5 Å². The van der Waals surface area contributed by atoms with Gasteiger partial charge in [-0.3, -0.25) is 4.79 Å². The maximum absolute atomic E-state index is 12.6. The van der Waals surface area contributed by atoms with Gasteiger partial charge < -0.3 is 5.32 Å². The molecule has 1 heterocycles. The van der Waals surface area contributed by atoms with Crippen molar-refractivity contribution in [1.82, 2.24) is 9.62 Å². The van der Waals surface area contributed by atoms with Crippen LogP contribution in [0.3, 0.4) is 0 Å². The molecule has 0 aliphatic heterocycles. The number of thiophene rings is 1. The van der Waals surface area contributed by atoms with Crippen molar-refractivity contribution < 1.29 is 13.2 Å². The third-order valence-electron chi connectivity index (χ3n) is 4.35. The van der Waals surface area contributed by atoms with Gasteiger partial charge in [-0.05, 0) is 23.3 Å². The van der Waals surface area contributed by atoms with E-state index in [1.807, 2.05) is 17.5 Å². The molecule has 1 aliphatic carbocycles. The molecule has 2 rings (SSSR count). The second kappa shape index (κ2) is 5.37. The summed E-state index contributed by atoms with van der Waals surface area (Å²) in [6.07, 6.45) is 1.99. The van der Waals surface area contributed by atoms with Crippen molar-refractivity contribution in [3.63, 3.8) is 0 Å². The van der Waals surface area contributed by atoms with Crippen LogP contribution in [0, 0.1) is 5.41 Å². The predicted molar refractivity (Wildman–Crippen MR) is 84.9 cm³/mol. The minimum absolute atomic E-state index is 0.00292. The standard InChI is InChI=1S/C14H22N2O3S2/c1-13(2)10-14(13,11-6-5-9-20-11)12(17)15-7-8-16(3)21(4,18)19/h5-6,9H,7-8,10H2,1-4H3,(H,15,17). The number of carbonyl (C=O) groups excluding carboxylic acids is 1. The van der Waals surface area contributed by atoms with Gasteiger partial charge in [-0.1, -0.05) is 19.9 Å². The van der Waals surface area contributed by atoms with Crippen molar-refractivity contribution in [3.05, 3.63) is 22.4 Å². The Bertz CT molecular complexity index is 623. The topological polar surface area (TPSA) is 66.5 Å². The average Bonchev–Trinajstić information content (AvgIpc) is 2.78. The Morgan fingerprint density at radius 2 is 2.10 bits per heavy atom. The highest BCUT2D eigenvalue weighted by Crippen LogP contribution is 2.65. The smallest absolute Gasteiger partial charge is 0.232 e. The third kappa shape index (κ3) is 3.00. The van der Waals surface area contributed by atoms with Crippen molar-refractivity contribution in [2.24, 2.45) is 5.41 Å². The largest absolute Gasteiger partial charge is 0.354 e. The lowest BCUT2D eigenvalue weighted by molar-refractivity contribution is -0.124. The van der Waals surface area contributed by atoms with Crippen molar-refractivity contribution in [1.29, 1.82) is 0 Å². The molecule has 1 amide bonds. The van der Waals surface area contributed by atoms with E-state index in [1.54, 1.807) is 11.3 Å². The molecule has 21 heavy (non-hydrogen) atoms. The highest BCUT2D eigenvalue weighted by Gasteiger charge is 2.67. The van der Waals surface area contributed by atoms with Gasteiger partial charge in [-0.25, -0.2) is 12.7 Å². The minimum atomic E-state index is -3.20. The average molecular weight is 330 g/mol. The molecule has 0 bridgehead atoms. The summed E-state index contributed by atoms with van der Waals surface area (Å²) in [5, 5.41) is 4.88. The summed E-state index contributed by atoms with van der Waals surface area (Å²) in [5.74, 6) is -0.00292. The maximum atomic E-state index is 12.6. The lowest BCUT2D eigenvalue weighted by Gasteiger charge is -2.20. The van der Waals surface area contributed by atoms with Gasteiger partial charge in [-0.2, -0.15) is 0 Å². The first-order valence-electron chi connectivity index (χ1n) is 6.85. The van der Waals surface area contributed by atoms with Crippen molar-refractivity contribution in [2.75, 3.05) is 26.4 Å². The SMILES string of the molecule is CN(CCNC(=O)C1(c2cccs2)CC1(C)C)S(C)(=O)=O. The van der Waals surface area contributed by atoms with Crippen LogP contribution in [-0.4, -0.2) is 45.0 Å². The molecular weight excluding hydrogens is 308 g/mol. The number of rotatable bonds is 6. The molecule has 1 aromatic heterocycles. The number of nitrogens with one attached hydrogen (secondary N) is 1. The fourth-order valence-electron chi connectivity index (χ4n) is 2.70. The Hall–Kier alpha value is -0.920. The van der Waals surface area contributed by atoms with Crippen molar-refractivity contribution >= 4 is 27.3 Å². The monoisotopic (exact) mass is 330 g/mol. The Balaban J connectivity index is 2.00. The number of nitrogens with zero attached hydrogens (tertiary/aromatic N) is 1. The van der Waals surface area contributed by atoms with Crippen LogP contribution < -0.4 is 5.32 Å². The number of hydrogen-bond acceptors (Lipinski definition) is 4. The quantitative estimate of drug-likeness (QED) is 0.858. The number of carbonyl (C=O) groups is 1. The summed E-state index contributed by atoms with van der Waals surface area (Å²) < 4.78 is 23.9. The van der Waals surface area contributed by atoms with E-state index < -0.39 is 15.4 Å². The molecule has 1 N–H and O–H groups in total. The lowest BCUT2D eigenvalue weighted by Crippen LogP contribution is -2.41. The molecule has 0 spiro atoms. The van der Waals surface area contributed by atoms with Crippen LogP contribution in [-0.2, 0) is 20.2 Å². The van der Waals surface area contributed by atoms with Crippen molar-refractivity contribution in [3.8, 4) is 0 Å². The van der Waals surface area contributed by atoms with E-state index >= 15 is 0 Å². The van der Waals surface area contributed by atoms with Gasteiger partial charge >= 0.3 is 0 Å². The molecule has 1 unspecified atom stereocenters. The Kier molecular flexibility index (Phi) is 4.21. The Morgan fingerprint density at radius 3 is 2.52 bits per heavy atom. The van der Waals surface area contributed by atoms with Gasteiger partial charge in [0.25, 0.3) is 0 Å². The fourth-order valence-corrected chi connectivity index (χ4v) is 4.23. The fraction of sp³-hybridized carbons (Fsp3) is 0.643. The molecule has 1 fully saturated rings. The molecule has 118 valence electrons. The molecule has 0 saturated heterocycles. The molecule has 0 aromatic carbocycles. The van der Waals surface area contributed by atoms with Crippen LogP contribution in [0.1, 0.15) is 25.1 Å². The highest BCUT2D eigenvalue weighted by molar-refractivity contribution is 7.88. The number of likely N-dealkylation sites (N-methyl/N-ethyl adjacent to an activating group) is 1. The van der Waals surface area contributed by atoms with Crippen LogP contribution >= 0.6 is 11.3 Å². The molecule has 1 saturated carbocycles. The van der Waals surface area contributed by atoms with Gasteiger partial charge in [0.05, 0.1) is 11.7 Å². The van der Waals surface area contributed by atoms with Crippen molar-refractivity contribution in [2.45, 2.75) is 25.7 Å². The zero-order valence-electron chi connectivity index (χ0n) is 12.8. The zero-order valence-corrected chi connectivity index (χ0v) is 14.5. The normalized spacial score (nSPS) is 24.0. The van der Waals surface area contributed by atoms with E-state index in [-0.39, 0.29) is 17.9 Å². The molecule has 5 nitrogen and oxygen atoms in total. The molecule has 1 atom stereocenters. The second-order valence-corrected chi connectivity index (χ2v) is 9.32. The summed E-state index contributed by atoms with van der Waals surface area (Å²) in [5.41, 5.74) is -0.504. The van der Waals surface area contributed by atoms with Crippen LogP contribution in [0.2, 0.25) is 0 Å². The van der Waals surface area contributed by atoms with Gasteiger partial charge in [0, 0.05) is 25.0 Å². The molecule has 7 heteroatoms. The number of sulfonamides is 1. The second-order valence-electron chi connectivity index (χ2n) is 6.28. The first-order chi connectivity index (χ1) is 9.61. The van der Waals surface area contributed by atoms with Gasteiger partial charge in [0.15, 0.2) is 0 Å². The summed E-state index contributed by atoms with van der Waals surface area (Å²) >= 11 is 1.60. The molecule has 1 aromatic rings. The van der Waals surface area contributed by atoms with E-state index in [0.717, 1.165) is 17.6 Å². The Morgan fingerprint density at radius 1 is 1.48 bits per heavy atom. The van der Waals surface area contributed by atoms with E-state index in [0.29, 0.717) is 6.54 Å². The predicted octanol–water partition coefficient (Wildman–Crippen LogP) is 1.42. The third-order valence-corrected chi connectivity index (χ3v) is 6.69. The minimum Gasteiger partial charge on any atom is -0.354 e. The number of amides is 1. The van der Waals surface area contributed by atoms with Gasteiger partial charge in [0.2, 0.25) is 15.9 Å². The first kappa shape index (κ1) is 16.5. The van der Waals surface area contributed by atoms with Crippen LogP contribution in [0.25, 0.3) is 0 Å². The van der Waals surface area contributed by atoms with Crippen LogP contribution in [0.4, 0.5) is 0 Å². The lowest BCUT2D eigenvalue weighted by atomic mass is 9.93. The maximum Gasteiger partial charge on any atom is 0.232 e. The first-order valence-corrected chi connectivity index (χ1v) is 9.58. The number of hydrogen-bond donors (Lipinski definition) is 1. The van der Waals surface area contributed by atoms with Gasteiger partial charge in [0.1, 0.15) is 0 Å². The highest BCUT2D eigenvalue weighted by atomic mass is 32.2. The van der Waals surface area contributed by atoms with Gasteiger partial charge in [-0.15, -0.1) is 11.3 Å². The van der Waals surface area contributed by atoms with Crippen LogP contribution in [0.5, 0.6) is 0 Å². The molecule has 0 radical (unpaired) electrons. The Labute approximate surface area is 130 Å². The summed E-state index contributed by atoms with van der Waals surface area (Å²) in [6, 6.07) is 3.96. The summed E-state index contributed by atoms with van der Waals surface area (Å²) in [7, 11) is -1.69. The molecular formula is C14H22N2O3S2. The van der Waals surface area contributed by atoms with E-state index in [9.17, 15) is 13.2 Å². The van der Waals surface area contributed by atoms with E-state index in [2.05, 4.69) is 19.2 Å². The van der Waals surface area contributed by atoms with E-state index in [1.165, 1.54) is 11.4 Å². The summed E-state index contributed by atoms with van der Waals surface area (Å²) in [6.45, 7) is 4.79. The van der Waals surface area contributed by atoms with E-state index in [4.69, 9.17) is 0 Å². The zero-order chi connectivity index (χ0) is 15.9.